The lowest BCUT2D eigenvalue weighted by atomic mass is 9.82. The molecule has 1 saturated heterocycles. The van der Waals surface area contributed by atoms with Crippen molar-refractivity contribution >= 4 is 5.69 Å². The maximum absolute atomic E-state index is 9.52. The van der Waals surface area contributed by atoms with Gasteiger partial charge < -0.3 is 10.1 Å². The first-order chi connectivity index (χ1) is 8.45. The van der Waals surface area contributed by atoms with E-state index in [2.05, 4.69) is 30.4 Å². The van der Waals surface area contributed by atoms with Crippen molar-refractivity contribution in [3.05, 3.63) is 29.8 Å². The highest BCUT2D eigenvalue weighted by atomic mass is 16.5. The SMILES string of the molecule is Cc1ccc(NC2(C#N)CCOC(C)(C)C2)cc1. The smallest absolute Gasteiger partial charge is 0.130 e. The molecule has 96 valence electrons. The number of hydrogen-bond donors (Lipinski definition) is 1. The molecule has 1 fully saturated rings. The molecule has 1 atom stereocenters. The van der Waals surface area contributed by atoms with Crippen LogP contribution in [0.2, 0.25) is 0 Å². The lowest BCUT2D eigenvalue weighted by molar-refractivity contribution is -0.0659. The summed E-state index contributed by atoms with van der Waals surface area (Å²) in [6.45, 7) is 6.75. The Morgan fingerprint density at radius 2 is 1.94 bits per heavy atom. The molecular weight excluding hydrogens is 224 g/mol. The number of nitriles is 1. The van der Waals surface area contributed by atoms with Crippen molar-refractivity contribution in [1.82, 2.24) is 0 Å². The molecule has 0 bridgehead atoms. The summed E-state index contributed by atoms with van der Waals surface area (Å²) < 4.78 is 5.69. The van der Waals surface area contributed by atoms with Crippen LogP contribution in [0.4, 0.5) is 5.69 Å². The van der Waals surface area contributed by atoms with Crippen LogP contribution in [0.1, 0.15) is 32.3 Å². The van der Waals surface area contributed by atoms with Crippen molar-refractivity contribution in [2.45, 2.75) is 44.8 Å². The monoisotopic (exact) mass is 244 g/mol. The highest BCUT2D eigenvalue weighted by Crippen LogP contribution is 2.34. The summed E-state index contributed by atoms with van der Waals surface area (Å²) in [6.07, 6.45) is 1.42. The van der Waals surface area contributed by atoms with E-state index in [-0.39, 0.29) is 5.60 Å². The predicted octanol–water partition coefficient (Wildman–Crippen LogP) is 3.26. The molecule has 2 rings (SSSR count). The van der Waals surface area contributed by atoms with Crippen LogP contribution in [0.5, 0.6) is 0 Å². The van der Waals surface area contributed by atoms with Crippen LogP contribution in [-0.2, 0) is 4.74 Å². The Labute approximate surface area is 109 Å². The average Bonchev–Trinajstić information content (AvgIpc) is 2.31. The summed E-state index contributed by atoms with van der Waals surface area (Å²) >= 11 is 0. The van der Waals surface area contributed by atoms with Crippen molar-refractivity contribution in [3.8, 4) is 6.07 Å². The number of nitrogens with one attached hydrogen (secondary N) is 1. The van der Waals surface area contributed by atoms with Crippen LogP contribution in [0.3, 0.4) is 0 Å². The summed E-state index contributed by atoms with van der Waals surface area (Å²) in [6, 6.07) is 10.6. The Morgan fingerprint density at radius 1 is 1.28 bits per heavy atom. The van der Waals surface area contributed by atoms with Gasteiger partial charge in [0, 0.05) is 18.5 Å². The number of nitrogens with zero attached hydrogens (tertiary/aromatic N) is 1. The van der Waals surface area contributed by atoms with Crippen molar-refractivity contribution < 1.29 is 4.74 Å². The molecular formula is C15H20N2O. The van der Waals surface area contributed by atoms with Crippen molar-refractivity contribution in [2.75, 3.05) is 11.9 Å². The molecule has 18 heavy (non-hydrogen) atoms. The third-order valence-corrected chi connectivity index (χ3v) is 3.40. The van der Waals surface area contributed by atoms with Gasteiger partial charge in [-0.15, -0.1) is 0 Å². The maximum atomic E-state index is 9.52. The van der Waals surface area contributed by atoms with Gasteiger partial charge in [0.25, 0.3) is 0 Å². The maximum Gasteiger partial charge on any atom is 0.130 e. The van der Waals surface area contributed by atoms with Gasteiger partial charge in [-0.25, -0.2) is 0 Å². The largest absolute Gasteiger partial charge is 0.375 e. The normalized spacial score (nSPS) is 26.3. The minimum absolute atomic E-state index is 0.244. The second-order valence-electron chi connectivity index (χ2n) is 5.72. The molecule has 0 aromatic heterocycles. The molecule has 0 spiro atoms. The minimum Gasteiger partial charge on any atom is -0.375 e. The minimum atomic E-state index is -0.517. The van der Waals surface area contributed by atoms with Crippen LogP contribution < -0.4 is 5.32 Å². The zero-order valence-corrected chi connectivity index (χ0v) is 11.3. The number of ether oxygens (including phenoxy) is 1. The summed E-state index contributed by atoms with van der Waals surface area (Å²) in [5, 5.41) is 12.9. The Balaban J connectivity index is 2.18. The molecule has 3 nitrogen and oxygen atoms in total. The standard InChI is InChI=1S/C15H20N2O/c1-12-4-6-13(7-5-12)17-15(11-16)8-9-18-14(2,3)10-15/h4-7,17H,8-10H2,1-3H3. The molecule has 1 aromatic carbocycles. The van der Waals surface area contributed by atoms with E-state index < -0.39 is 5.54 Å². The van der Waals surface area contributed by atoms with Gasteiger partial charge in [-0.05, 0) is 32.9 Å². The van der Waals surface area contributed by atoms with E-state index in [1.807, 2.05) is 26.0 Å². The van der Waals surface area contributed by atoms with Crippen molar-refractivity contribution in [1.29, 1.82) is 5.26 Å². The average molecular weight is 244 g/mol. The van der Waals surface area contributed by atoms with E-state index in [0.717, 1.165) is 12.1 Å². The van der Waals surface area contributed by atoms with Crippen LogP contribution >= 0.6 is 0 Å². The Hall–Kier alpha value is -1.53. The van der Waals surface area contributed by atoms with Crippen molar-refractivity contribution in [3.63, 3.8) is 0 Å². The molecule has 0 amide bonds. The molecule has 1 heterocycles. The van der Waals surface area contributed by atoms with Gasteiger partial charge >= 0.3 is 0 Å². The van der Waals surface area contributed by atoms with Gasteiger partial charge in [0.2, 0.25) is 0 Å². The Bertz CT molecular complexity index is 458. The van der Waals surface area contributed by atoms with E-state index in [1.165, 1.54) is 5.56 Å². The van der Waals surface area contributed by atoms with E-state index in [0.29, 0.717) is 13.0 Å². The molecule has 0 aliphatic carbocycles. The zero-order chi connectivity index (χ0) is 13.2. The van der Waals surface area contributed by atoms with Gasteiger partial charge in [0.15, 0.2) is 0 Å². The van der Waals surface area contributed by atoms with Gasteiger partial charge in [0.1, 0.15) is 5.54 Å². The fourth-order valence-corrected chi connectivity index (χ4v) is 2.51. The summed E-state index contributed by atoms with van der Waals surface area (Å²) in [5.74, 6) is 0. The van der Waals surface area contributed by atoms with E-state index in [1.54, 1.807) is 0 Å². The first-order valence-electron chi connectivity index (χ1n) is 6.35. The lowest BCUT2D eigenvalue weighted by Gasteiger charge is -2.41. The first kappa shape index (κ1) is 12.9. The zero-order valence-electron chi connectivity index (χ0n) is 11.3. The second kappa shape index (κ2) is 4.62. The summed E-state index contributed by atoms with van der Waals surface area (Å²) in [7, 11) is 0. The number of rotatable bonds is 2. The second-order valence-corrected chi connectivity index (χ2v) is 5.72. The van der Waals surface area contributed by atoms with Crippen LogP contribution in [0.25, 0.3) is 0 Å². The van der Waals surface area contributed by atoms with Crippen molar-refractivity contribution in [2.24, 2.45) is 0 Å². The van der Waals surface area contributed by atoms with E-state index >= 15 is 0 Å². The fraction of sp³-hybridized carbons (Fsp3) is 0.533. The third-order valence-electron chi connectivity index (χ3n) is 3.40. The highest BCUT2D eigenvalue weighted by Gasteiger charge is 2.41. The summed E-state index contributed by atoms with van der Waals surface area (Å²) in [5.41, 5.74) is 1.46. The molecule has 1 aromatic rings. The molecule has 1 N–H and O–H groups in total. The number of anilines is 1. The third kappa shape index (κ3) is 2.83. The molecule has 1 unspecified atom stereocenters. The highest BCUT2D eigenvalue weighted by molar-refractivity contribution is 5.49. The molecule has 0 radical (unpaired) electrons. The number of benzene rings is 1. The molecule has 3 heteroatoms. The van der Waals surface area contributed by atoms with Crippen LogP contribution in [0, 0.1) is 18.3 Å². The van der Waals surface area contributed by atoms with Gasteiger partial charge in [-0.2, -0.15) is 5.26 Å². The van der Waals surface area contributed by atoms with Crippen LogP contribution in [0.15, 0.2) is 24.3 Å². The fourth-order valence-electron chi connectivity index (χ4n) is 2.51. The van der Waals surface area contributed by atoms with E-state index in [4.69, 9.17) is 4.74 Å². The van der Waals surface area contributed by atoms with Gasteiger partial charge in [-0.3, -0.25) is 0 Å². The topological polar surface area (TPSA) is 45.0 Å². The molecule has 0 saturated carbocycles. The van der Waals surface area contributed by atoms with Gasteiger partial charge in [0.05, 0.1) is 18.3 Å². The van der Waals surface area contributed by atoms with Crippen LogP contribution in [-0.4, -0.2) is 17.7 Å². The molecule has 1 aliphatic rings. The lowest BCUT2D eigenvalue weighted by Crippen LogP contribution is -2.49. The Kier molecular flexibility index (Phi) is 3.32. The quantitative estimate of drug-likeness (QED) is 0.868. The first-order valence-corrected chi connectivity index (χ1v) is 6.35. The number of aryl methyl sites for hydroxylation is 1. The Morgan fingerprint density at radius 3 is 2.50 bits per heavy atom. The predicted molar refractivity (Wildman–Crippen MR) is 72.4 cm³/mol. The summed E-state index contributed by atoms with van der Waals surface area (Å²) in [4.78, 5) is 0. The molecule has 1 aliphatic heterocycles. The van der Waals surface area contributed by atoms with E-state index in [9.17, 15) is 5.26 Å². The van der Waals surface area contributed by atoms with Gasteiger partial charge in [-0.1, -0.05) is 17.7 Å². The number of hydrogen-bond acceptors (Lipinski definition) is 3.